The lowest BCUT2D eigenvalue weighted by Crippen LogP contribution is -2.18. The molecule has 2 N–H and O–H groups in total. The van der Waals surface area contributed by atoms with E-state index in [1.165, 1.54) is 6.08 Å². The predicted molar refractivity (Wildman–Crippen MR) is 41.5 cm³/mol. The van der Waals surface area contributed by atoms with Crippen LogP contribution in [-0.4, -0.2) is 19.5 Å². The normalized spacial score (nSPS) is 10.9. The van der Waals surface area contributed by atoms with Crippen molar-refractivity contribution in [3.8, 4) is 0 Å². The number of rotatable bonds is 3. The lowest BCUT2D eigenvalue weighted by Gasteiger charge is -2.00. The summed E-state index contributed by atoms with van der Waals surface area (Å²) in [6.45, 7) is 4.69. The Balaban J connectivity index is 3.77. The van der Waals surface area contributed by atoms with Gasteiger partial charge in [-0.05, 0) is 13.8 Å². The Morgan fingerprint density at radius 3 is 2.60 bits per heavy atom. The molecule has 0 rings (SSSR count). The Labute approximate surface area is 61.5 Å². The van der Waals surface area contributed by atoms with E-state index in [2.05, 4.69) is 10.6 Å². The van der Waals surface area contributed by atoms with E-state index in [-0.39, 0.29) is 5.91 Å². The second kappa shape index (κ2) is 4.85. The van der Waals surface area contributed by atoms with Crippen molar-refractivity contribution in [2.45, 2.75) is 13.8 Å². The molecule has 0 aliphatic rings. The zero-order valence-corrected chi connectivity index (χ0v) is 6.69. The molecule has 0 aliphatic heterocycles. The molecule has 0 unspecified atom stereocenters. The van der Waals surface area contributed by atoms with Gasteiger partial charge >= 0.3 is 0 Å². The van der Waals surface area contributed by atoms with Crippen LogP contribution in [0.5, 0.6) is 0 Å². The van der Waals surface area contributed by atoms with E-state index in [0.29, 0.717) is 0 Å². The summed E-state index contributed by atoms with van der Waals surface area (Å²) in [5.74, 6) is -0.0709. The van der Waals surface area contributed by atoms with Gasteiger partial charge in [0.1, 0.15) is 0 Å². The van der Waals surface area contributed by atoms with Crippen molar-refractivity contribution in [2.24, 2.45) is 0 Å². The highest BCUT2D eigenvalue weighted by atomic mass is 16.1. The van der Waals surface area contributed by atoms with Gasteiger partial charge in [0.15, 0.2) is 0 Å². The van der Waals surface area contributed by atoms with Crippen molar-refractivity contribution in [1.29, 1.82) is 0 Å². The molecule has 58 valence electrons. The molecule has 3 nitrogen and oxygen atoms in total. The molecule has 0 aromatic rings. The fraction of sp³-hybridized carbons (Fsp3) is 0.571. The molecule has 0 atom stereocenters. The van der Waals surface area contributed by atoms with E-state index in [0.717, 1.165) is 12.2 Å². The van der Waals surface area contributed by atoms with Gasteiger partial charge in [0.25, 0.3) is 0 Å². The van der Waals surface area contributed by atoms with Gasteiger partial charge in [-0.25, -0.2) is 0 Å². The fourth-order valence-corrected chi connectivity index (χ4v) is 0.599. The Bertz CT molecular complexity index is 141. The average molecular weight is 142 g/mol. The van der Waals surface area contributed by atoms with Gasteiger partial charge in [-0.3, -0.25) is 4.79 Å². The maximum Gasteiger partial charge on any atom is 0.245 e. The van der Waals surface area contributed by atoms with Crippen LogP contribution in [-0.2, 0) is 4.79 Å². The van der Waals surface area contributed by atoms with Crippen molar-refractivity contribution < 1.29 is 4.79 Å². The highest BCUT2D eigenvalue weighted by Gasteiger charge is 1.90. The van der Waals surface area contributed by atoms with Crippen LogP contribution in [0.15, 0.2) is 11.8 Å². The van der Waals surface area contributed by atoms with Gasteiger partial charge in [-0.2, -0.15) is 0 Å². The number of hydrogen-bond donors (Lipinski definition) is 2. The van der Waals surface area contributed by atoms with Gasteiger partial charge in [0, 0.05) is 25.4 Å². The van der Waals surface area contributed by atoms with Crippen LogP contribution in [0.1, 0.15) is 13.8 Å². The zero-order chi connectivity index (χ0) is 7.98. The first-order valence-electron chi connectivity index (χ1n) is 3.34. The van der Waals surface area contributed by atoms with Gasteiger partial charge in [-0.15, -0.1) is 0 Å². The molecule has 0 spiro atoms. The number of nitrogens with one attached hydrogen (secondary N) is 2. The summed E-state index contributed by atoms with van der Waals surface area (Å²) in [6.07, 6.45) is 1.53. The lowest BCUT2D eigenvalue weighted by molar-refractivity contribution is -0.116. The van der Waals surface area contributed by atoms with Crippen LogP contribution < -0.4 is 10.6 Å². The lowest BCUT2D eigenvalue weighted by atomic mass is 10.4. The first-order valence-corrected chi connectivity index (χ1v) is 3.34. The van der Waals surface area contributed by atoms with Crippen LogP contribution in [0.3, 0.4) is 0 Å². The maximum atomic E-state index is 10.7. The summed E-state index contributed by atoms with van der Waals surface area (Å²) >= 11 is 0. The third kappa shape index (κ3) is 3.95. The van der Waals surface area contributed by atoms with Crippen molar-refractivity contribution in [2.75, 3.05) is 13.6 Å². The summed E-state index contributed by atoms with van der Waals surface area (Å²) < 4.78 is 0. The average Bonchev–Trinajstić information content (AvgIpc) is 1.88. The standard InChI is InChI=1S/C7H14N2O/c1-4-9-6(2)5-7(10)8-3/h5,9H,4H2,1-3H3,(H,8,10)/b6-5-. The molecule has 0 aliphatic carbocycles. The predicted octanol–water partition coefficient (Wildman–Crippen LogP) is 0.246. The second-order valence-corrected chi connectivity index (χ2v) is 1.97. The van der Waals surface area contributed by atoms with Crippen molar-refractivity contribution in [3.05, 3.63) is 11.8 Å². The van der Waals surface area contributed by atoms with Crippen LogP contribution in [0.25, 0.3) is 0 Å². The molecule has 0 saturated heterocycles. The highest BCUT2D eigenvalue weighted by Crippen LogP contribution is 1.83. The number of carbonyl (C=O) groups is 1. The molecule has 0 saturated carbocycles. The van der Waals surface area contributed by atoms with E-state index < -0.39 is 0 Å². The second-order valence-electron chi connectivity index (χ2n) is 1.97. The Hall–Kier alpha value is -0.990. The molecule has 0 radical (unpaired) electrons. The summed E-state index contributed by atoms with van der Waals surface area (Å²) in [7, 11) is 1.61. The Kier molecular flexibility index (Phi) is 4.37. The first-order chi connectivity index (χ1) is 4.70. The molecule has 0 aromatic carbocycles. The number of carbonyl (C=O) groups excluding carboxylic acids is 1. The maximum absolute atomic E-state index is 10.7. The molecule has 0 aromatic heterocycles. The zero-order valence-electron chi connectivity index (χ0n) is 6.69. The third-order valence-electron chi connectivity index (χ3n) is 1.05. The molecular weight excluding hydrogens is 128 g/mol. The van der Waals surface area contributed by atoms with Crippen LogP contribution in [0.4, 0.5) is 0 Å². The number of allylic oxidation sites excluding steroid dienone is 1. The van der Waals surface area contributed by atoms with Crippen molar-refractivity contribution >= 4 is 5.91 Å². The Morgan fingerprint density at radius 2 is 2.20 bits per heavy atom. The monoisotopic (exact) mass is 142 g/mol. The van der Waals surface area contributed by atoms with E-state index >= 15 is 0 Å². The van der Waals surface area contributed by atoms with Crippen LogP contribution in [0.2, 0.25) is 0 Å². The van der Waals surface area contributed by atoms with Gasteiger partial charge in [0.2, 0.25) is 5.91 Å². The first kappa shape index (κ1) is 9.01. The van der Waals surface area contributed by atoms with Gasteiger partial charge < -0.3 is 10.6 Å². The smallest absolute Gasteiger partial charge is 0.245 e. The quantitative estimate of drug-likeness (QED) is 0.554. The van der Waals surface area contributed by atoms with Gasteiger partial charge in [0.05, 0.1) is 0 Å². The fourth-order valence-electron chi connectivity index (χ4n) is 0.599. The molecule has 3 heteroatoms. The van der Waals surface area contributed by atoms with E-state index in [9.17, 15) is 4.79 Å². The van der Waals surface area contributed by atoms with Gasteiger partial charge in [-0.1, -0.05) is 0 Å². The molecular formula is C7H14N2O. The minimum atomic E-state index is -0.0709. The molecule has 10 heavy (non-hydrogen) atoms. The topological polar surface area (TPSA) is 41.1 Å². The highest BCUT2D eigenvalue weighted by molar-refractivity contribution is 5.87. The minimum Gasteiger partial charge on any atom is -0.389 e. The summed E-state index contributed by atoms with van der Waals surface area (Å²) in [4.78, 5) is 10.7. The van der Waals surface area contributed by atoms with Crippen LogP contribution >= 0.6 is 0 Å². The number of likely N-dealkylation sites (N-methyl/N-ethyl adjacent to an activating group) is 1. The van der Waals surface area contributed by atoms with E-state index in [1.807, 2.05) is 13.8 Å². The van der Waals surface area contributed by atoms with Crippen molar-refractivity contribution in [1.82, 2.24) is 10.6 Å². The molecule has 1 amide bonds. The van der Waals surface area contributed by atoms with Crippen LogP contribution in [0, 0.1) is 0 Å². The van der Waals surface area contributed by atoms with E-state index in [1.54, 1.807) is 7.05 Å². The summed E-state index contributed by atoms with van der Waals surface area (Å²) in [5.41, 5.74) is 0.891. The largest absolute Gasteiger partial charge is 0.389 e. The summed E-state index contributed by atoms with van der Waals surface area (Å²) in [6, 6.07) is 0. The van der Waals surface area contributed by atoms with E-state index in [4.69, 9.17) is 0 Å². The Morgan fingerprint density at radius 1 is 1.60 bits per heavy atom. The number of amides is 1. The van der Waals surface area contributed by atoms with Crippen molar-refractivity contribution in [3.63, 3.8) is 0 Å². The number of hydrogen-bond acceptors (Lipinski definition) is 2. The minimum absolute atomic E-state index is 0.0709. The summed E-state index contributed by atoms with van der Waals surface area (Å²) in [5, 5.41) is 5.51. The molecule has 0 bridgehead atoms. The molecule has 0 heterocycles. The molecule has 0 fully saturated rings. The third-order valence-corrected chi connectivity index (χ3v) is 1.05. The SMILES string of the molecule is CCN/C(C)=C\C(=O)NC.